The molecule has 0 amide bonds. The number of ether oxygens (including phenoxy) is 1. The van der Waals surface area contributed by atoms with Crippen LogP contribution in [-0.4, -0.2) is 51.8 Å². The first-order valence-electron chi connectivity index (χ1n) is 9.35. The van der Waals surface area contributed by atoms with Crippen LogP contribution in [0.3, 0.4) is 0 Å². The van der Waals surface area contributed by atoms with Crippen molar-refractivity contribution in [3.8, 4) is 5.75 Å². The molecule has 30 heavy (non-hydrogen) atoms. The van der Waals surface area contributed by atoms with Gasteiger partial charge in [0, 0.05) is 16.4 Å². The number of likely N-dealkylation sites (N-methyl/N-ethyl adjacent to an activating group) is 1. The second-order valence-electron chi connectivity index (χ2n) is 7.23. The molecule has 0 saturated heterocycles. The lowest BCUT2D eigenvalue weighted by Crippen LogP contribution is -2.28. The summed E-state index contributed by atoms with van der Waals surface area (Å²) in [7, 11) is 3.98. The Balaban J connectivity index is 1.79. The van der Waals surface area contributed by atoms with E-state index in [4.69, 9.17) is 4.74 Å². The molecule has 2 aromatic carbocycles. The van der Waals surface area contributed by atoms with Crippen LogP contribution in [0.1, 0.15) is 6.92 Å². The third kappa shape index (κ3) is 4.17. The highest BCUT2D eigenvalue weighted by Crippen LogP contribution is 2.36. The summed E-state index contributed by atoms with van der Waals surface area (Å²) in [6.45, 7) is 2.73. The Labute approximate surface area is 181 Å². The second-order valence-corrected chi connectivity index (χ2v) is 8.14. The molecular formula is C21H20BrFN6O. The van der Waals surface area contributed by atoms with Gasteiger partial charge in [-0.05, 0) is 51.4 Å². The fourth-order valence-corrected chi connectivity index (χ4v) is 3.76. The number of hydrogen-bond donors (Lipinski definition) is 1. The van der Waals surface area contributed by atoms with Gasteiger partial charge in [-0.3, -0.25) is 0 Å². The molecule has 0 aliphatic carbocycles. The molecule has 0 aliphatic heterocycles. The number of fused-ring (bicyclic) bond motifs is 2. The predicted octanol–water partition coefficient (Wildman–Crippen LogP) is 4.55. The molecule has 0 radical (unpaired) electrons. The van der Waals surface area contributed by atoms with E-state index in [9.17, 15) is 0 Å². The van der Waals surface area contributed by atoms with Gasteiger partial charge in [-0.1, -0.05) is 15.9 Å². The number of rotatable bonds is 6. The van der Waals surface area contributed by atoms with Crippen molar-refractivity contribution in [2.75, 3.05) is 26.0 Å². The van der Waals surface area contributed by atoms with E-state index in [1.165, 1.54) is 12.5 Å². The minimum atomic E-state index is -0.422. The number of hydrogen-bond acceptors (Lipinski definition) is 7. The van der Waals surface area contributed by atoms with Gasteiger partial charge in [0.15, 0.2) is 5.82 Å². The molecule has 2 aromatic heterocycles. The van der Waals surface area contributed by atoms with E-state index < -0.39 is 5.82 Å². The van der Waals surface area contributed by atoms with E-state index in [0.29, 0.717) is 33.4 Å². The Morgan fingerprint density at radius 1 is 1.17 bits per heavy atom. The number of nitrogens with zero attached hydrogens (tertiary/aromatic N) is 5. The first-order valence-corrected chi connectivity index (χ1v) is 10.1. The number of anilines is 2. The quantitative estimate of drug-likeness (QED) is 0.442. The van der Waals surface area contributed by atoms with E-state index in [2.05, 4.69) is 41.4 Å². The standard InChI is InChI=1S/C21H20BrFN6O/c1-12(10-29(2)3)30-18-9-13(22)8-17-19(18)21(25-11-24-17)27-16-5-4-15-14(20(16)23)6-7-26-28-15/h4-9,11-12H,10H2,1-3H3,(H,24,25,27)/t12-/m1/s1. The molecule has 154 valence electrons. The summed E-state index contributed by atoms with van der Waals surface area (Å²) in [5.74, 6) is 0.651. The van der Waals surface area contributed by atoms with Gasteiger partial charge >= 0.3 is 0 Å². The zero-order valence-electron chi connectivity index (χ0n) is 16.7. The first-order chi connectivity index (χ1) is 14.4. The van der Waals surface area contributed by atoms with Crippen LogP contribution in [0.15, 0.2) is 47.3 Å². The third-order valence-corrected chi connectivity index (χ3v) is 4.96. The van der Waals surface area contributed by atoms with Crippen LogP contribution in [-0.2, 0) is 0 Å². The van der Waals surface area contributed by atoms with Crippen molar-refractivity contribution >= 4 is 49.2 Å². The lowest BCUT2D eigenvalue weighted by molar-refractivity contribution is 0.179. The van der Waals surface area contributed by atoms with Crippen molar-refractivity contribution in [3.63, 3.8) is 0 Å². The smallest absolute Gasteiger partial charge is 0.156 e. The van der Waals surface area contributed by atoms with Crippen LogP contribution in [0.25, 0.3) is 21.8 Å². The van der Waals surface area contributed by atoms with Crippen LogP contribution >= 0.6 is 15.9 Å². The largest absolute Gasteiger partial charge is 0.488 e. The molecule has 0 spiro atoms. The number of halogens is 2. The van der Waals surface area contributed by atoms with Crippen LogP contribution < -0.4 is 10.1 Å². The molecule has 4 rings (SSSR count). The summed E-state index contributed by atoms with van der Waals surface area (Å²) in [4.78, 5) is 10.8. The number of benzene rings is 2. The van der Waals surface area contributed by atoms with Crippen molar-refractivity contribution in [2.24, 2.45) is 0 Å². The van der Waals surface area contributed by atoms with Crippen molar-refractivity contribution in [2.45, 2.75) is 13.0 Å². The normalized spacial score (nSPS) is 12.5. The topological polar surface area (TPSA) is 76.1 Å². The summed E-state index contributed by atoms with van der Waals surface area (Å²) in [5, 5.41) is 11.9. The molecule has 0 fully saturated rings. The molecule has 7 nitrogen and oxygen atoms in total. The van der Waals surface area contributed by atoms with Crippen LogP contribution in [0, 0.1) is 5.82 Å². The molecule has 4 aromatic rings. The fourth-order valence-electron chi connectivity index (χ4n) is 3.33. The third-order valence-electron chi connectivity index (χ3n) is 4.50. The highest BCUT2D eigenvalue weighted by molar-refractivity contribution is 9.10. The van der Waals surface area contributed by atoms with Crippen LogP contribution in [0.5, 0.6) is 5.75 Å². The Morgan fingerprint density at radius 2 is 2.00 bits per heavy atom. The monoisotopic (exact) mass is 470 g/mol. The predicted molar refractivity (Wildman–Crippen MR) is 119 cm³/mol. The van der Waals surface area contributed by atoms with Gasteiger partial charge in [0.1, 0.15) is 24.0 Å². The maximum atomic E-state index is 15.1. The minimum absolute atomic E-state index is 0.0680. The Bertz CT molecular complexity index is 1220. The van der Waals surface area contributed by atoms with Crippen molar-refractivity contribution < 1.29 is 9.13 Å². The summed E-state index contributed by atoms with van der Waals surface area (Å²) in [6, 6.07) is 8.67. The van der Waals surface area contributed by atoms with Gasteiger partial charge in [-0.15, -0.1) is 0 Å². The Kier molecular flexibility index (Phi) is 5.74. The SMILES string of the molecule is C[C@H](CN(C)C)Oc1cc(Br)cc2ncnc(Nc3ccc4nnccc4c3F)c12. The van der Waals surface area contributed by atoms with E-state index >= 15 is 4.39 Å². The average Bonchev–Trinajstić information content (AvgIpc) is 2.69. The van der Waals surface area contributed by atoms with Crippen LogP contribution in [0.2, 0.25) is 0 Å². The Morgan fingerprint density at radius 3 is 2.80 bits per heavy atom. The van der Waals surface area contributed by atoms with Gasteiger partial charge in [0.2, 0.25) is 0 Å². The lowest BCUT2D eigenvalue weighted by atomic mass is 10.1. The number of nitrogens with one attached hydrogen (secondary N) is 1. The molecule has 2 heterocycles. The van der Waals surface area contributed by atoms with Gasteiger partial charge in [0.05, 0.1) is 28.3 Å². The molecule has 0 unspecified atom stereocenters. The molecule has 0 bridgehead atoms. The van der Waals surface area contributed by atoms with Crippen molar-refractivity contribution in [1.82, 2.24) is 25.1 Å². The van der Waals surface area contributed by atoms with Gasteiger partial charge in [-0.2, -0.15) is 10.2 Å². The summed E-state index contributed by atoms with van der Waals surface area (Å²) < 4.78 is 22.1. The first kappa shape index (κ1) is 20.4. The Hall–Kier alpha value is -2.91. The summed E-state index contributed by atoms with van der Waals surface area (Å²) in [6.07, 6.45) is 2.83. The average molecular weight is 471 g/mol. The highest BCUT2D eigenvalue weighted by Gasteiger charge is 2.17. The van der Waals surface area contributed by atoms with Gasteiger partial charge < -0.3 is 15.0 Å². The zero-order chi connectivity index (χ0) is 21.3. The molecular weight excluding hydrogens is 451 g/mol. The fraction of sp³-hybridized carbons (Fsp3) is 0.238. The van der Waals surface area contributed by atoms with Crippen molar-refractivity contribution in [1.29, 1.82) is 0 Å². The molecule has 1 N–H and O–H groups in total. The van der Waals surface area contributed by atoms with Crippen molar-refractivity contribution in [3.05, 3.63) is 53.1 Å². The molecule has 9 heteroatoms. The highest BCUT2D eigenvalue weighted by atomic mass is 79.9. The summed E-state index contributed by atoms with van der Waals surface area (Å²) >= 11 is 3.51. The maximum Gasteiger partial charge on any atom is 0.156 e. The van der Waals surface area contributed by atoms with Gasteiger partial charge in [-0.25, -0.2) is 14.4 Å². The zero-order valence-corrected chi connectivity index (χ0v) is 18.3. The second kappa shape index (κ2) is 8.45. The molecule has 0 aliphatic rings. The maximum absolute atomic E-state index is 15.1. The van der Waals surface area contributed by atoms with E-state index in [0.717, 1.165) is 11.0 Å². The lowest BCUT2D eigenvalue weighted by Gasteiger charge is -2.21. The minimum Gasteiger partial charge on any atom is -0.488 e. The van der Waals surface area contributed by atoms with E-state index in [-0.39, 0.29) is 11.8 Å². The molecule has 0 saturated carbocycles. The van der Waals surface area contributed by atoms with E-state index in [1.54, 1.807) is 18.2 Å². The number of aromatic nitrogens is 4. The summed E-state index contributed by atoms with van der Waals surface area (Å²) in [5.41, 5.74) is 1.45. The van der Waals surface area contributed by atoms with Crippen LogP contribution in [0.4, 0.5) is 15.9 Å². The van der Waals surface area contributed by atoms with E-state index in [1.807, 2.05) is 38.1 Å². The van der Waals surface area contributed by atoms with Gasteiger partial charge in [0.25, 0.3) is 0 Å². The molecule has 1 atom stereocenters.